The topological polar surface area (TPSA) is 151 Å². The van der Waals surface area contributed by atoms with Crippen molar-refractivity contribution in [2.24, 2.45) is 5.92 Å². The summed E-state index contributed by atoms with van der Waals surface area (Å²) in [6.45, 7) is 15.6. The summed E-state index contributed by atoms with van der Waals surface area (Å²) in [5.41, 5.74) is 3.57. The van der Waals surface area contributed by atoms with Gasteiger partial charge in [0.05, 0.1) is 6.04 Å². The summed E-state index contributed by atoms with van der Waals surface area (Å²) in [5, 5.41) is 14.7. The second kappa shape index (κ2) is 15.0. The number of hydrogen-bond donors (Lipinski definition) is 1. The van der Waals surface area contributed by atoms with E-state index in [0.717, 1.165) is 38.9 Å². The second-order valence-electron chi connectivity index (χ2n) is 12.7. The summed E-state index contributed by atoms with van der Waals surface area (Å²) in [6, 6.07) is 9.42. The van der Waals surface area contributed by atoms with Gasteiger partial charge in [0.2, 0.25) is 5.82 Å². The molecule has 1 atom stereocenters. The van der Waals surface area contributed by atoms with Crippen LogP contribution in [0.5, 0.6) is 0 Å². The van der Waals surface area contributed by atoms with Crippen LogP contribution in [-0.4, -0.2) is 43.3 Å². The highest BCUT2D eigenvalue weighted by molar-refractivity contribution is 5.90. The number of nitrogens with zero attached hydrogens (tertiary/aromatic N) is 5. The first kappa shape index (κ1) is 31.2. The van der Waals surface area contributed by atoms with Gasteiger partial charge in [-0.1, -0.05) is 65.0 Å². The molecule has 0 saturated heterocycles. The van der Waals surface area contributed by atoms with Crippen molar-refractivity contribution in [3.05, 3.63) is 91.9 Å². The van der Waals surface area contributed by atoms with Crippen molar-refractivity contribution in [3.63, 3.8) is 0 Å². The van der Waals surface area contributed by atoms with Crippen LogP contribution in [0, 0.1) is 26.7 Å². The second-order valence-corrected chi connectivity index (χ2v) is 12.7. The number of rotatable bonds is 14. The SMILES string of the molecule is [2H]C([2H])(C)C(OC)(c1nc(CC(C)C)n(C(C)c2c(C)cc(-c3c(C)cccc3-c3nn[nH]n3)cc2C)c1C(=O)OCc1oc(=O)oc1CC)C([2H])([2H])C. The van der Waals surface area contributed by atoms with Crippen molar-refractivity contribution in [2.75, 3.05) is 7.11 Å². The van der Waals surface area contributed by atoms with Gasteiger partial charge < -0.3 is 22.9 Å². The summed E-state index contributed by atoms with van der Waals surface area (Å²) in [4.78, 5) is 31.4. The fourth-order valence-corrected chi connectivity index (χ4v) is 6.84. The lowest BCUT2D eigenvalue weighted by Crippen LogP contribution is -2.31. The van der Waals surface area contributed by atoms with Gasteiger partial charge >= 0.3 is 11.8 Å². The number of ether oxygens (including phenoxy) is 2. The normalized spacial score (nSPS) is 14.3. The third-order valence-corrected chi connectivity index (χ3v) is 9.04. The number of aromatic nitrogens is 6. The van der Waals surface area contributed by atoms with Gasteiger partial charge in [-0.05, 0) is 85.0 Å². The summed E-state index contributed by atoms with van der Waals surface area (Å²) in [5.74, 6) is -0.701. The minimum Gasteiger partial charge on any atom is -0.453 e. The van der Waals surface area contributed by atoms with Gasteiger partial charge in [0, 0.05) is 31.0 Å². The van der Waals surface area contributed by atoms with Gasteiger partial charge in [-0.25, -0.2) is 14.6 Å². The zero-order valence-electron chi connectivity index (χ0n) is 34.3. The molecule has 1 unspecified atom stereocenters. The minimum atomic E-state index is -2.39. The number of benzene rings is 2. The monoisotopic (exact) mass is 688 g/mol. The summed E-state index contributed by atoms with van der Waals surface area (Å²) < 4.78 is 59.4. The van der Waals surface area contributed by atoms with E-state index >= 15 is 0 Å². The molecule has 0 fully saturated rings. The van der Waals surface area contributed by atoms with E-state index in [9.17, 15) is 9.59 Å². The Hall–Kier alpha value is -4.84. The fraction of sp³-hybridized carbons (Fsp3) is 0.474. The van der Waals surface area contributed by atoms with Crippen molar-refractivity contribution >= 4 is 5.97 Å². The van der Waals surface area contributed by atoms with Gasteiger partial charge in [0.15, 0.2) is 23.8 Å². The number of tetrazole rings is 1. The van der Waals surface area contributed by atoms with E-state index in [-0.39, 0.29) is 28.8 Å². The van der Waals surface area contributed by atoms with Crippen molar-refractivity contribution in [1.29, 1.82) is 0 Å². The molecule has 2 aromatic carbocycles. The van der Waals surface area contributed by atoms with Crippen molar-refractivity contribution in [2.45, 2.75) is 106 Å². The number of imidazole rings is 1. The molecule has 3 aromatic heterocycles. The number of aryl methyl sites for hydroxylation is 4. The lowest BCUT2D eigenvalue weighted by Gasteiger charge is -2.30. The Kier molecular flexibility index (Phi) is 9.32. The van der Waals surface area contributed by atoms with Gasteiger partial charge in [0.1, 0.15) is 17.1 Å². The zero-order chi connectivity index (χ0) is 39.9. The molecular weight excluding hydrogens is 636 g/mol. The van der Waals surface area contributed by atoms with Crippen LogP contribution >= 0.6 is 0 Å². The molecule has 266 valence electrons. The lowest BCUT2D eigenvalue weighted by atomic mass is 9.88. The Bertz CT molecular complexity index is 2160. The van der Waals surface area contributed by atoms with Crippen molar-refractivity contribution in [1.82, 2.24) is 30.2 Å². The first-order valence-corrected chi connectivity index (χ1v) is 16.7. The average Bonchev–Trinajstić information content (AvgIpc) is 3.81. The van der Waals surface area contributed by atoms with E-state index in [0.29, 0.717) is 24.5 Å². The van der Waals surface area contributed by atoms with E-state index in [4.69, 9.17) is 28.8 Å². The number of esters is 1. The zero-order valence-corrected chi connectivity index (χ0v) is 30.3. The van der Waals surface area contributed by atoms with Crippen LogP contribution in [0.15, 0.2) is 44.0 Å². The predicted molar refractivity (Wildman–Crippen MR) is 189 cm³/mol. The molecule has 1 N–H and O–H groups in total. The van der Waals surface area contributed by atoms with E-state index in [1.807, 2.05) is 59.7 Å². The molecule has 0 spiro atoms. The number of carbonyl (C=O) groups excluding carboxylic acids is 1. The van der Waals surface area contributed by atoms with Gasteiger partial charge in [-0.15, -0.1) is 10.2 Å². The lowest BCUT2D eigenvalue weighted by molar-refractivity contribution is -0.0265. The smallest absolute Gasteiger partial charge is 0.453 e. The van der Waals surface area contributed by atoms with Crippen molar-refractivity contribution < 1.29 is 28.6 Å². The van der Waals surface area contributed by atoms with E-state index in [1.54, 1.807) is 11.5 Å². The van der Waals surface area contributed by atoms with Crippen LogP contribution in [0.1, 0.15) is 122 Å². The maximum Gasteiger partial charge on any atom is 0.519 e. The molecule has 0 aliphatic carbocycles. The maximum atomic E-state index is 14.6. The summed E-state index contributed by atoms with van der Waals surface area (Å²) >= 11 is 0. The highest BCUT2D eigenvalue weighted by Gasteiger charge is 2.40. The number of H-pyrrole nitrogens is 1. The summed E-state index contributed by atoms with van der Waals surface area (Å²) in [7, 11) is 1.21. The molecule has 12 heteroatoms. The number of aromatic amines is 1. The van der Waals surface area contributed by atoms with Gasteiger partial charge in [0.25, 0.3) is 0 Å². The number of carbonyl (C=O) groups is 1. The molecule has 0 saturated carbocycles. The van der Waals surface area contributed by atoms with Crippen LogP contribution in [0.4, 0.5) is 0 Å². The van der Waals surface area contributed by atoms with E-state index < -0.39 is 42.8 Å². The molecule has 0 amide bonds. The number of methoxy groups -OCH3 is 1. The first-order valence-electron chi connectivity index (χ1n) is 18.7. The number of nitrogens with one attached hydrogen (secondary N) is 1. The highest BCUT2D eigenvalue weighted by Crippen LogP contribution is 2.40. The Morgan fingerprint density at radius 1 is 1.04 bits per heavy atom. The molecule has 0 aliphatic rings. The van der Waals surface area contributed by atoms with Gasteiger partial charge in [-0.2, -0.15) is 5.21 Å². The minimum absolute atomic E-state index is 0.0327. The number of hydrogen-bond acceptors (Lipinski definition) is 10. The molecular formula is C38H48N6O6. The van der Waals surface area contributed by atoms with Crippen LogP contribution in [0.25, 0.3) is 22.5 Å². The molecule has 0 radical (unpaired) electrons. The maximum absolute atomic E-state index is 14.6. The van der Waals surface area contributed by atoms with Crippen LogP contribution < -0.4 is 5.82 Å². The Morgan fingerprint density at radius 3 is 2.30 bits per heavy atom. The molecule has 50 heavy (non-hydrogen) atoms. The molecule has 5 rings (SSSR count). The molecule has 5 aromatic rings. The summed E-state index contributed by atoms with van der Waals surface area (Å²) in [6.07, 6.45) is -4.12. The molecule has 0 aliphatic heterocycles. The van der Waals surface area contributed by atoms with Gasteiger partial charge in [-0.3, -0.25) is 0 Å². The Morgan fingerprint density at radius 2 is 1.72 bits per heavy atom. The third-order valence-electron chi connectivity index (χ3n) is 9.04. The molecule has 12 nitrogen and oxygen atoms in total. The molecule has 3 heterocycles. The van der Waals surface area contributed by atoms with E-state index in [2.05, 4.69) is 32.8 Å². The quantitative estimate of drug-likeness (QED) is 0.116. The first-order chi connectivity index (χ1) is 25.3. The van der Waals surface area contributed by atoms with Crippen LogP contribution in [-0.2, 0) is 34.5 Å². The van der Waals surface area contributed by atoms with Crippen molar-refractivity contribution in [3.8, 4) is 22.5 Å². The van der Waals surface area contributed by atoms with Crippen LogP contribution in [0.2, 0.25) is 0 Å². The molecule has 0 bridgehead atoms. The third kappa shape index (κ3) is 6.81. The fourth-order valence-electron chi connectivity index (χ4n) is 6.84. The highest BCUT2D eigenvalue weighted by atomic mass is 16.6. The largest absolute Gasteiger partial charge is 0.519 e. The Balaban J connectivity index is 1.77. The van der Waals surface area contributed by atoms with E-state index in [1.165, 1.54) is 21.0 Å². The predicted octanol–water partition coefficient (Wildman–Crippen LogP) is 7.59. The van der Waals surface area contributed by atoms with Crippen LogP contribution in [0.3, 0.4) is 0 Å². The average molecular weight is 689 g/mol. The Labute approximate surface area is 298 Å². The standard InChI is InChI=1S/C38H48N6O6/c1-11-28-29(50-37(46)49-28)20-48-36(45)33-34(38(12-2,13-3)47-10)39-30(17-21(4)5)44(33)25(9)31-23(7)18-26(19-24(31)8)32-22(6)15-14-16-27(32)35-40-42-43-41-35/h14-16,18-19,21,25H,11-13,17,20H2,1-10H3,(H,40,41,42,43)/i12D2,13D2.